The molecule has 2 rings (SSSR count). The third-order valence-electron chi connectivity index (χ3n) is 2.28. The maximum absolute atomic E-state index is 5.79. The second-order valence-electron chi connectivity index (χ2n) is 3.54. The zero-order valence-electron chi connectivity index (χ0n) is 8.98. The van der Waals surface area contributed by atoms with Crippen molar-refractivity contribution in [1.29, 1.82) is 0 Å². The number of rotatable bonds is 3. The fraction of sp³-hybridized carbons (Fsp3) is 0.154. The fourth-order valence-electron chi connectivity index (χ4n) is 1.41. The molecule has 16 heavy (non-hydrogen) atoms. The highest BCUT2D eigenvalue weighted by Crippen LogP contribution is 2.18. The predicted octanol–water partition coefficient (Wildman–Crippen LogP) is 3.62. The monoisotopic (exact) mass is 233 g/mol. The molecular formula is C13H12ClNO. The van der Waals surface area contributed by atoms with Gasteiger partial charge in [0.2, 0.25) is 0 Å². The summed E-state index contributed by atoms with van der Waals surface area (Å²) in [5.41, 5.74) is 2.14. The van der Waals surface area contributed by atoms with E-state index < -0.39 is 0 Å². The van der Waals surface area contributed by atoms with E-state index in [0.29, 0.717) is 11.8 Å². The van der Waals surface area contributed by atoms with Crippen molar-refractivity contribution in [3.63, 3.8) is 0 Å². The summed E-state index contributed by atoms with van der Waals surface area (Å²) in [7, 11) is 0. The van der Waals surface area contributed by atoms with Crippen molar-refractivity contribution in [3.8, 4) is 5.75 Å². The number of aryl methyl sites for hydroxylation is 1. The van der Waals surface area contributed by atoms with Crippen LogP contribution in [0, 0.1) is 6.92 Å². The molecule has 1 aromatic heterocycles. The van der Waals surface area contributed by atoms with Gasteiger partial charge in [-0.2, -0.15) is 0 Å². The smallest absolute Gasteiger partial charge is 0.129 e. The molecule has 0 unspecified atom stereocenters. The zero-order chi connectivity index (χ0) is 11.4. The molecular weight excluding hydrogens is 222 g/mol. The Bertz CT molecular complexity index is 485. The molecule has 0 saturated carbocycles. The molecule has 3 heteroatoms. The van der Waals surface area contributed by atoms with Crippen LogP contribution in [0.25, 0.3) is 0 Å². The molecule has 2 nitrogen and oxygen atoms in total. The van der Waals surface area contributed by atoms with Crippen molar-refractivity contribution in [2.24, 2.45) is 0 Å². The summed E-state index contributed by atoms with van der Waals surface area (Å²) in [6.45, 7) is 2.53. The quantitative estimate of drug-likeness (QED) is 0.756. The van der Waals surface area contributed by atoms with Crippen LogP contribution in [-0.2, 0) is 6.61 Å². The lowest BCUT2D eigenvalue weighted by molar-refractivity contribution is 0.304. The first-order chi connectivity index (χ1) is 7.75. The van der Waals surface area contributed by atoms with Crippen LogP contribution in [0.3, 0.4) is 0 Å². The maximum atomic E-state index is 5.79. The molecule has 0 radical (unpaired) electrons. The number of hydrogen-bond donors (Lipinski definition) is 0. The highest BCUT2D eigenvalue weighted by molar-refractivity contribution is 6.29. The van der Waals surface area contributed by atoms with Crippen LogP contribution in [0.4, 0.5) is 0 Å². The van der Waals surface area contributed by atoms with E-state index in [1.54, 1.807) is 12.3 Å². The lowest BCUT2D eigenvalue weighted by Crippen LogP contribution is -1.97. The minimum atomic E-state index is 0.492. The minimum Gasteiger partial charge on any atom is -0.489 e. The Morgan fingerprint density at radius 1 is 1.25 bits per heavy atom. The summed E-state index contributed by atoms with van der Waals surface area (Å²) in [5, 5.41) is 0.492. The zero-order valence-corrected chi connectivity index (χ0v) is 9.74. The summed E-state index contributed by atoms with van der Waals surface area (Å²) in [4.78, 5) is 3.92. The summed E-state index contributed by atoms with van der Waals surface area (Å²) in [5.74, 6) is 0.899. The molecule has 0 saturated heterocycles. The lowest BCUT2D eigenvalue weighted by atomic mass is 10.2. The Morgan fingerprint density at radius 2 is 2.06 bits per heavy atom. The first-order valence-corrected chi connectivity index (χ1v) is 5.42. The van der Waals surface area contributed by atoms with Gasteiger partial charge in [0.1, 0.15) is 17.5 Å². The van der Waals surface area contributed by atoms with E-state index in [9.17, 15) is 0 Å². The average molecular weight is 234 g/mol. The maximum Gasteiger partial charge on any atom is 0.129 e. The molecule has 1 heterocycles. The van der Waals surface area contributed by atoms with E-state index in [-0.39, 0.29) is 0 Å². The van der Waals surface area contributed by atoms with E-state index >= 15 is 0 Å². The lowest BCUT2D eigenvalue weighted by Gasteiger charge is -2.08. The molecule has 0 aliphatic carbocycles. The largest absolute Gasteiger partial charge is 0.489 e. The average Bonchev–Trinajstić information content (AvgIpc) is 2.28. The number of ether oxygens (including phenoxy) is 1. The summed E-state index contributed by atoms with van der Waals surface area (Å²) in [6.07, 6.45) is 1.68. The van der Waals surface area contributed by atoms with Crippen LogP contribution >= 0.6 is 11.6 Å². The first kappa shape index (κ1) is 11.0. The second-order valence-corrected chi connectivity index (χ2v) is 3.93. The van der Waals surface area contributed by atoms with Gasteiger partial charge >= 0.3 is 0 Å². The van der Waals surface area contributed by atoms with Crippen LogP contribution in [0.15, 0.2) is 42.6 Å². The number of hydrogen-bond acceptors (Lipinski definition) is 2. The molecule has 0 spiro atoms. The molecule has 1 aromatic carbocycles. The number of aromatic nitrogens is 1. The van der Waals surface area contributed by atoms with Crippen LogP contribution in [-0.4, -0.2) is 4.98 Å². The first-order valence-electron chi connectivity index (χ1n) is 5.04. The van der Waals surface area contributed by atoms with Crippen LogP contribution in [0.5, 0.6) is 5.75 Å². The van der Waals surface area contributed by atoms with E-state index in [2.05, 4.69) is 4.98 Å². The molecule has 0 aliphatic heterocycles. The van der Waals surface area contributed by atoms with Crippen LogP contribution in [0.1, 0.15) is 11.1 Å². The van der Waals surface area contributed by atoms with E-state index in [0.717, 1.165) is 16.9 Å². The van der Waals surface area contributed by atoms with E-state index in [1.165, 1.54) is 0 Å². The number of pyridine rings is 1. The molecule has 2 aromatic rings. The van der Waals surface area contributed by atoms with Gasteiger partial charge in [0.15, 0.2) is 0 Å². The van der Waals surface area contributed by atoms with Gasteiger partial charge in [-0.05, 0) is 36.2 Å². The Balaban J connectivity index is 2.05. The van der Waals surface area contributed by atoms with Gasteiger partial charge in [0.05, 0.1) is 0 Å². The fourth-order valence-corrected chi connectivity index (χ4v) is 1.61. The van der Waals surface area contributed by atoms with Crippen molar-refractivity contribution >= 4 is 11.6 Å². The van der Waals surface area contributed by atoms with Gasteiger partial charge in [-0.25, -0.2) is 4.98 Å². The number of benzene rings is 1. The Morgan fingerprint density at radius 3 is 2.81 bits per heavy atom. The Hall–Kier alpha value is -1.54. The standard InChI is InChI=1S/C13H12ClNO/c1-10-4-2-3-5-12(10)16-9-11-6-7-15-13(14)8-11/h2-8H,9H2,1H3. The Kier molecular flexibility index (Phi) is 3.42. The SMILES string of the molecule is Cc1ccccc1OCc1ccnc(Cl)c1. The molecule has 0 bridgehead atoms. The van der Waals surface area contributed by atoms with Crippen molar-refractivity contribution in [2.75, 3.05) is 0 Å². The predicted molar refractivity (Wildman–Crippen MR) is 64.8 cm³/mol. The van der Waals surface area contributed by atoms with Gasteiger partial charge in [0.25, 0.3) is 0 Å². The highest BCUT2D eigenvalue weighted by atomic mass is 35.5. The van der Waals surface area contributed by atoms with Gasteiger partial charge in [-0.3, -0.25) is 0 Å². The summed E-state index contributed by atoms with van der Waals surface area (Å²) < 4.78 is 5.69. The van der Waals surface area contributed by atoms with E-state index in [4.69, 9.17) is 16.3 Å². The molecule has 0 aliphatic rings. The van der Waals surface area contributed by atoms with Gasteiger partial charge in [-0.15, -0.1) is 0 Å². The molecule has 0 atom stereocenters. The highest BCUT2D eigenvalue weighted by Gasteiger charge is 1.99. The number of nitrogens with zero attached hydrogens (tertiary/aromatic N) is 1. The van der Waals surface area contributed by atoms with Crippen molar-refractivity contribution in [3.05, 3.63) is 58.9 Å². The molecule has 0 N–H and O–H groups in total. The van der Waals surface area contributed by atoms with Crippen LogP contribution in [0.2, 0.25) is 5.15 Å². The van der Waals surface area contributed by atoms with Gasteiger partial charge in [-0.1, -0.05) is 29.8 Å². The second kappa shape index (κ2) is 4.99. The van der Waals surface area contributed by atoms with Crippen molar-refractivity contribution in [2.45, 2.75) is 13.5 Å². The van der Waals surface area contributed by atoms with Crippen molar-refractivity contribution < 1.29 is 4.74 Å². The number of para-hydroxylation sites is 1. The molecule has 0 fully saturated rings. The van der Waals surface area contributed by atoms with Gasteiger partial charge in [0, 0.05) is 6.20 Å². The minimum absolute atomic E-state index is 0.492. The van der Waals surface area contributed by atoms with E-state index in [1.807, 2.05) is 37.3 Å². The van der Waals surface area contributed by atoms with Crippen molar-refractivity contribution in [1.82, 2.24) is 4.98 Å². The topological polar surface area (TPSA) is 22.1 Å². The molecule has 82 valence electrons. The van der Waals surface area contributed by atoms with Crippen LogP contribution < -0.4 is 4.74 Å². The normalized spacial score (nSPS) is 10.1. The van der Waals surface area contributed by atoms with Gasteiger partial charge < -0.3 is 4.74 Å². The number of halogens is 1. The third kappa shape index (κ3) is 2.74. The summed E-state index contributed by atoms with van der Waals surface area (Å²) in [6, 6.07) is 11.6. The third-order valence-corrected chi connectivity index (χ3v) is 2.49. The Labute approximate surface area is 99.9 Å². The summed E-state index contributed by atoms with van der Waals surface area (Å²) >= 11 is 5.79. The molecule has 0 amide bonds.